The number of aliphatic hydroxyl groups excluding tert-OH is 1. The Morgan fingerprint density at radius 1 is 0.917 bits per heavy atom. The van der Waals surface area contributed by atoms with E-state index in [1.165, 1.54) is 0 Å². The largest absolute Gasteiger partial charge is 0.459 e. The molecule has 0 fully saturated rings. The maximum atomic E-state index is 13.5. The second-order valence-corrected chi connectivity index (χ2v) is 4.84. The summed E-state index contributed by atoms with van der Waals surface area (Å²) in [7, 11) is 1.41. The number of halogens is 11. The molecule has 0 aromatic heterocycles. The van der Waals surface area contributed by atoms with Crippen molar-refractivity contribution in [2.75, 3.05) is 14.1 Å². The van der Waals surface area contributed by atoms with Gasteiger partial charge in [-0.05, 0) is 0 Å². The number of rotatable bonds is 5. The van der Waals surface area contributed by atoms with Gasteiger partial charge in [-0.3, -0.25) is 4.79 Å². The Labute approximate surface area is 127 Å². The average molecular weight is 385 g/mol. The van der Waals surface area contributed by atoms with Crippen molar-refractivity contribution in [1.29, 1.82) is 0 Å². The molecule has 3 atom stereocenters. The van der Waals surface area contributed by atoms with Gasteiger partial charge in [0, 0.05) is 14.1 Å². The molecule has 0 aliphatic rings. The number of hydrogen-bond acceptors (Lipinski definition) is 2. The van der Waals surface area contributed by atoms with E-state index in [2.05, 4.69) is 0 Å². The van der Waals surface area contributed by atoms with Crippen LogP contribution in [0.3, 0.4) is 0 Å². The quantitative estimate of drug-likeness (QED) is 0.740. The number of alkyl halides is 11. The van der Waals surface area contributed by atoms with E-state index in [0.717, 1.165) is 0 Å². The predicted octanol–water partition coefficient (Wildman–Crippen LogP) is 2.79. The van der Waals surface area contributed by atoms with E-state index in [1.807, 2.05) is 0 Å². The number of nitrogens with zero attached hydrogens (tertiary/aromatic N) is 1. The van der Waals surface area contributed by atoms with Gasteiger partial charge in [0.25, 0.3) is 5.91 Å². The molecule has 1 N–H and O–H groups in total. The first-order valence-corrected chi connectivity index (χ1v) is 5.72. The summed E-state index contributed by atoms with van der Waals surface area (Å²) in [6.45, 7) is 0. The topological polar surface area (TPSA) is 40.5 Å². The lowest BCUT2D eigenvalue weighted by Crippen LogP contribution is -2.62. The lowest BCUT2D eigenvalue weighted by Gasteiger charge is -2.36. The molecule has 0 aliphatic heterocycles. The molecule has 0 aromatic rings. The molecular weight excluding hydrogens is 375 g/mol. The minimum absolute atomic E-state index is 0.177. The van der Waals surface area contributed by atoms with E-state index in [0.29, 0.717) is 14.1 Å². The van der Waals surface area contributed by atoms with Crippen molar-refractivity contribution in [1.82, 2.24) is 4.90 Å². The third kappa shape index (κ3) is 4.00. The second-order valence-electron chi connectivity index (χ2n) is 4.84. The molecule has 1 amide bonds. The summed E-state index contributed by atoms with van der Waals surface area (Å²) >= 11 is 0. The summed E-state index contributed by atoms with van der Waals surface area (Å²) in [6, 6.07) is 0. The van der Waals surface area contributed by atoms with Crippen molar-refractivity contribution in [2.24, 2.45) is 5.92 Å². The highest BCUT2D eigenvalue weighted by Crippen LogP contribution is 2.52. The third-order valence-electron chi connectivity index (χ3n) is 2.85. The van der Waals surface area contributed by atoms with Crippen LogP contribution in [0.5, 0.6) is 0 Å². The molecule has 0 aromatic carbocycles. The molecular formula is C10H10F11NO2. The zero-order valence-corrected chi connectivity index (χ0v) is 11.7. The van der Waals surface area contributed by atoms with Crippen LogP contribution in [0.25, 0.3) is 0 Å². The Hall–Kier alpha value is -1.34. The lowest BCUT2D eigenvalue weighted by atomic mass is 9.88. The fourth-order valence-corrected chi connectivity index (χ4v) is 1.51. The summed E-state index contributed by atoms with van der Waals surface area (Å²) in [5.74, 6) is -20.6. The van der Waals surface area contributed by atoms with E-state index in [1.54, 1.807) is 0 Å². The molecule has 0 bridgehead atoms. The molecule has 3 nitrogen and oxygen atoms in total. The Morgan fingerprint density at radius 2 is 1.29 bits per heavy atom. The normalized spacial score (nSPS) is 18.1. The van der Waals surface area contributed by atoms with Crippen LogP contribution in [-0.2, 0) is 4.79 Å². The average Bonchev–Trinajstić information content (AvgIpc) is 2.34. The van der Waals surface area contributed by atoms with Crippen LogP contribution < -0.4 is 0 Å². The second kappa shape index (κ2) is 6.52. The van der Waals surface area contributed by atoms with Crippen LogP contribution >= 0.6 is 0 Å². The molecule has 144 valence electrons. The van der Waals surface area contributed by atoms with Crippen LogP contribution in [0, 0.1) is 5.92 Å². The highest BCUT2D eigenvalue weighted by molar-refractivity contribution is 5.80. The Morgan fingerprint density at radius 3 is 1.54 bits per heavy atom. The first-order valence-electron chi connectivity index (χ1n) is 5.72. The van der Waals surface area contributed by atoms with Crippen LogP contribution in [0.2, 0.25) is 0 Å². The number of amides is 1. The van der Waals surface area contributed by atoms with Crippen LogP contribution in [0.4, 0.5) is 48.3 Å². The number of carbonyl (C=O) groups is 1. The smallest absolute Gasteiger partial charge is 0.382 e. The van der Waals surface area contributed by atoms with Crippen molar-refractivity contribution >= 4 is 5.91 Å². The minimum atomic E-state index is -7.18. The first-order chi connectivity index (χ1) is 10.3. The number of hydrogen-bond donors (Lipinski definition) is 1. The molecule has 0 aliphatic carbocycles. The number of likely N-dealkylation sites (N-methyl/N-ethyl adjacent to an activating group) is 1. The van der Waals surface area contributed by atoms with Gasteiger partial charge in [-0.25, -0.2) is 4.39 Å². The van der Waals surface area contributed by atoms with Crippen molar-refractivity contribution in [2.45, 2.75) is 36.5 Å². The lowest BCUT2D eigenvalue weighted by molar-refractivity contribution is -0.377. The minimum Gasteiger partial charge on any atom is -0.382 e. The summed E-state index contributed by atoms with van der Waals surface area (Å²) in [5, 5.41) is 9.08. The van der Waals surface area contributed by atoms with Gasteiger partial charge in [0.15, 0.2) is 6.17 Å². The van der Waals surface area contributed by atoms with Gasteiger partial charge in [0.05, 0.1) is 0 Å². The molecule has 0 radical (unpaired) electrons. The van der Waals surface area contributed by atoms with E-state index >= 15 is 0 Å². The number of aliphatic hydroxyl groups is 1. The molecule has 0 saturated heterocycles. The van der Waals surface area contributed by atoms with E-state index in [-0.39, 0.29) is 4.90 Å². The zero-order chi connectivity index (χ0) is 19.9. The summed E-state index contributed by atoms with van der Waals surface area (Å²) in [6.07, 6.45) is -22.2. The van der Waals surface area contributed by atoms with Gasteiger partial charge in [-0.15, -0.1) is 0 Å². The van der Waals surface area contributed by atoms with Gasteiger partial charge < -0.3 is 10.0 Å². The zero-order valence-electron chi connectivity index (χ0n) is 11.7. The highest BCUT2D eigenvalue weighted by atomic mass is 19.4. The molecule has 0 rings (SSSR count). The Bertz CT molecular complexity index is 457. The standard InChI is InChI=1S/C10H10F11NO2/c1-22(2)6(24)4(23)3(8(14,15)16)5(11)7(12,13)9(17,18)10(19,20)21/h3-5,23H,1-2H3. The Kier molecular flexibility index (Phi) is 6.15. The van der Waals surface area contributed by atoms with Crippen molar-refractivity contribution < 1.29 is 58.2 Å². The SMILES string of the molecule is CN(C)C(=O)C(O)C(C(F)C(F)(F)C(F)(F)C(F)(F)F)C(F)(F)F. The fourth-order valence-electron chi connectivity index (χ4n) is 1.51. The third-order valence-corrected chi connectivity index (χ3v) is 2.85. The summed E-state index contributed by atoms with van der Waals surface area (Å²) in [4.78, 5) is 11.3. The van der Waals surface area contributed by atoms with Crippen LogP contribution in [0.1, 0.15) is 0 Å². The van der Waals surface area contributed by atoms with Crippen molar-refractivity contribution in [3.63, 3.8) is 0 Å². The van der Waals surface area contributed by atoms with E-state index < -0.39 is 48.3 Å². The molecule has 0 heterocycles. The summed E-state index contributed by atoms with van der Waals surface area (Å²) < 4.78 is 139. The molecule has 24 heavy (non-hydrogen) atoms. The molecule has 0 spiro atoms. The monoisotopic (exact) mass is 385 g/mol. The first kappa shape index (κ1) is 22.7. The maximum absolute atomic E-state index is 13.5. The van der Waals surface area contributed by atoms with Crippen LogP contribution in [0.15, 0.2) is 0 Å². The fraction of sp³-hybridized carbons (Fsp3) is 0.900. The van der Waals surface area contributed by atoms with E-state index in [4.69, 9.17) is 5.11 Å². The van der Waals surface area contributed by atoms with E-state index in [9.17, 15) is 53.1 Å². The van der Waals surface area contributed by atoms with Gasteiger partial charge in [-0.1, -0.05) is 0 Å². The van der Waals surface area contributed by atoms with Gasteiger partial charge in [0.2, 0.25) is 0 Å². The Balaban J connectivity index is 6.05. The predicted molar refractivity (Wildman–Crippen MR) is 55.1 cm³/mol. The molecule has 0 saturated carbocycles. The van der Waals surface area contributed by atoms with Crippen LogP contribution in [-0.4, -0.2) is 66.5 Å². The maximum Gasteiger partial charge on any atom is 0.459 e. The molecule has 14 heteroatoms. The van der Waals surface area contributed by atoms with Gasteiger partial charge in [-0.2, -0.15) is 43.9 Å². The highest BCUT2D eigenvalue weighted by Gasteiger charge is 2.78. The summed E-state index contributed by atoms with van der Waals surface area (Å²) in [5.41, 5.74) is 0. The van der Waals surface area contributed by atoms with Gasteiger partial charge >= 0.3 is 24.2 Å². The molecule has 3 unspecified atom stereocenters. The van der Waals surface area contributed by atoms with Gasteiger partial charge in [0.1, 0.15) is 12.0 Å². The van der Waals surface area contributed by atoms with Crippen molar-refractivity contribution in [3.05, 3.63) is 0 Å². The van der Waals surface area contributed by atoms with Crippen molar-refractivity contribution in [3.8, 4) is 0 Å². The number of carbonyl (C=O) groups excluding carboxylic acids is 1.